The van der Waals surface area contributed by atoms with Gasteiger partial charge in [0, 0.05) is 24.1 Å². The highest BCUT2D eigenvalue weighted by molar-refractivity contribution is 5.87. The molecule has 148 valence electrons. The lowest BCUT2D eigenvalue weighted by Gasteiger charge is -2.22. The van der Waals surface area contributed by atoms with Gasteiger partial charge in [-0.2, -0.15) is 0 Å². The van der Waals surface area contributed by atoms with Crippen molar-refractivity contribution >= 4 is 11.6 Å². The Bertz CT molecular complexity index is 865. The van der Waals surface area contributed by atoms with E-state index >= 15 is 0 Å². The van der Waals surface area contributed by atoms with E-state index < -0.39 is 6.04 Å². The highest BCUT2D eigenvalue weighted by atomic mass is 19.1. The molecule has 1 heterocycles. The zero-order chi connectivity index (χ0) is 19.7. The van der Waals surface area contributed by atoms with Crippen LogP contribution in [0.15, 0.2) is 36.4 Å². The Labute approximate surface area is 164 Å². The molecule has 2 aromatic rings. The van der Waals surface area contributed by atoms with Gasteiger partial charge in [0.1, 0.15) is 29.5 Å². The third-order valence-corrected chi connectivity index (χ3v) is 4.99. The van der Waals surface area contributed by atoms with Gasteiger partial charge >= 0.3 is 0 Å². The number of carbonyl (C=O) groups is 1. The molecule has 1 saturated carbocycles. The Morgan fingerprint density at radius 2 is 2.04 bits per heavy atom. The molecule has 5 nitrogen and oxygen atoms in total. The van der Waals surface area contributed by atoms with Crippen LogP contribution in [0.4, 0.5) is 10.1 Å². The Balaban J connectivity index is 1.66. The minimum atomic E-state index is -0.655. The van der Waals surface area contributed by atoms with E-state index in [4.69, 9.17) is 9.47 Å². The van der Waals surface area contributed by atoms with Crippen molar-refractivity contribution in [2.24, 2.45) is 0 Å². The monoisotopic (exact) mass is 384 g/mol. The number of hydrogen-bond acceptors (Lipinski definition) is 4. The maximum absolute atomic E-state index is 13.4. The standard InChI is InChI=1S/C22H25FN2O3/c1-3-27-20-11-15-10-13(2)28-19(15)12-18(20)25-21(22(26)24-17-8-9-17)14-4-6-16(23)7-5-14/h4-7,11-13,17,21,25H,3,8-10H2,1-2H3,(H,24,26)/t13-,21+/m1/s1. The van der Waals surface area contributed by atoms with Crippen LogP contribution >= 0.6 is 0 Å². The van der Waals surface area contributed by atoms with E-state index in [2.05, 4.69) is 10.6 Å². The fourth-order valence-electron chi connectivity index (χ4n) is 3.45. The number of carbonyl (C=O) groups excluding carboxylic acids is 1. The highest BCUT2D eigenvalue weighted by Gasteiger charge is 2.30. The zero-order valence-electron chi connectivity index (χ0n) is 16.1. The van der Waals surface area contributed by atoms with Crippen LogP contribution in [0.5, 0.6) is 11.5 Å². The fourth-order valence-corrected chi connectivity index (χ4v) is 3.45. The molecule has 0 aromatic heterocycles. The summed E-state index contributed by atoms with van der Waals surface area (Å²) in [5.74, 6) is 1.02. The normalized spacial score (nSPS) is 18.8. The van der Waals surface area contributed by atoms with Gasteiger partial charge in [-0.3, -0.25) is 4.79 Å². The van der Waals surface area contributed by atoms with Gasteiger partial charge in [-0.25, -0.2) is 4.39 Å². The number of nitrogens with one attached hydrogen (secondary N) is 2. The number of anilines is 1. The lowest BCUT2D eigenvalue weighted by molar-refractivity contribution is -0.122. The molecule has 6 heteroatoms. The predicted octanol–water partition coefficient (Wildman–Crippen LogP) is 3.98. The number of amides is 1. The summed E-state index contributed by atoms with van der Waals surface area (Å²) in [4.78, 5) is 12.9. The third-order valence-electron chi connectivity index (χ3n) is 4.99. The van der Waals surface area contributed by atoms with E-state index in [1.165, 1.54) is 12.1 Å². The third kappa shape index (κ3) is 4.06. The van der Waals surface area contributed by atoms with Crippen molar-refractivity contribution in [3.8, 4) is 11.5 Å². The second-order valence-electron chi connectivity index (χ2n) is 7.43. The summed E-state index contributed by atoms with van der Waals surface area (Å²) in [6, 6.07) is 9.44. The quantitative estimate of drug-likeness (QED) is 0.758. The molecule has 28 heavy (non-hydrogen) atoms. The summed E-state index contributed by atoms with van der Waals surface area (Å²) in [7, 11) is 0. The average molecular weight is 384 g/mol. The molecule has 1 amide bonds. The van der Waals surface area contributed by atoms with Crippen molar-refractivity contribution < 1.29 is 18.7 Å². The van der Waals surface area contributed by atoms with Gasteiger partial charge in [-0.1, -0.05) is 12.1 Å². The Morgan fingerprint density at radius 3 is 2.71 bits per heavy atom. The number of benzene rings is 2. The molecule has 1 aliphatic heterocycles. The zero-order valence-corrected chi connectivity index (χ0v) is 16.1. The van der Waals surface area contributed by atoms with Crippen LogP contribution < -0.4 is 20.1 Å². The summed E-state index contributed by atoms with van der Waals surface area (Å²) in [5.41, 5.74) is 2.48. The number of rotatable bonds is 7. The summed E-state index contributed by atoms with van der Waals surface area (Å²) < 4.78 is 25.1. The molecule has 0 saturated heterocycles. The number of fused-ring (bicyclic) bond motifs is 1. The average Bonchev–Trinajstić information content (AvgIpc) is 3.40. The van der Waals surface area contributed by atoms with Crippen LogP contribution in [0.1, 0.15) is 43.9 Å². The van der Waals surface area contributed by atoms with Crippen LogP contribution in [0.3, 0.4) is 0 Å². The van der Waals surface area contributed by atoms with Gasteiger partial charge in [0.25, 0.3) is 0 Å². The van der Waals surface area contributed by atoms with Crippen LogP contribution in [0, 0.1) is 5.82 Å². The summed E-state index contributed by atoms with van der Waals surface area (Å²) in [6.07, 6.45) is 2.94. The van der Waals surface area contributed by atoms with Gasteiger partial charge in [0.15, 0.2) is 0 Å². The van der Waals surface area contributed by atoms with E-state index in [-0.39, 0.29) is 23.9 Å². The largest absolute Gasteiger partial charge is 0.492 e. The van der Waals surface area contributed by atoms with Gasteiger partial charge in [0.05, 0.1) is 12.3 Å². The summed E-state index contributed by atoms with van der Waals surface area (Å²) in [6.45, 7) is 4.46. The maximum Gasteiger partial charge on any atom is 0.247 e. The smallest absolute Gasteiger partial charge is 0.247 e. The van der Waals surface area contributed by atoms with Crippen molar-refractivity contribution in [2.75, 3.05) is 11.9 Å². The second-order valence-corrected chi connectivity index (χ2v) is 7.43. The van der Waals surface area contributed by atoms with Crippen molar-refractivity contribution in [3.63, 3.8) is 0 Å². The maximum atomic E-state index is 13.4. The minimum absolute atomic E-state index is 0.116. The van der Waals surface area contributed by atoms with Crippen LogP contribution in [-0.2, 0) is 11.2 Å². The molecule has 2 aliphatic rings. The molecule has 4 rings (SSSR count). The molecule has 0 unspecified atom stereocenters. The number of hydrogen-bond donors (Lipinski definition) is 2. The molecule has 0 radical (unpaired) electrons. The topological polar surface area (TPSA) is 59.6 Å². The Hall–Kier alpha value is -2.76. The molecular weight excluding hydrogens is 359 g/mol. The minimum Gasteiger partial charge on any atom is -0.492 e. The predicted molar refractivity (Wildman–Crippen MR) is 105 cm³/mol. The van der Waals surface area contributed by atoms with Gasteiger partial charge in [-0.15, -0.1) is 0 Å². The first-order valence-electron chi connectivity index (χ1n) is 9.82. The number of halogens is 1. The van der Waals surface area contributed by atoms with Gasteiger partial charge in [0.2, 0.25) is 5.91 Å². The van der Waals surface area contributed by atoms with Crippen LogP contribution in [0.25, 0.3) is 0 Å². The first-order chi connectivity index (χ1) is 13.5. The van der Waals surface area contributed by atoms with Gasteiger partial charge in [-0.05, 0) is 50.5 Å². The molecule has 1 aliphatic carbocycles. The first-order valence-corrected chi connectivity index (χ1v) is 9.82. The molecule has 1 fully saturated rings. The summed E-state index contributed by atoms with van der Waals surface area (Å²) >= 11 is 0. The fraction of sp³-hybridized carbons (Fsp3) is 0.409. The van der Waals surface area contributed by atoms with Crippen LogP contribution in [0.2, 0.25) is 0 Å². The molecule has 2 atom stereocenters. The second kappa shape index (κ2) is 7.70. The Kier molecular flexibility index (Phi) is 5.11. The molecule has 0 spiro atoms. The molecule has 2 aromatic carbocycles. The lowest BCUT2D eigenvalue weighted by Crippen LogP contribution is -2.35. The number of ether oxygens (including phenoxy) is 2. The van der Waals surface area contributed by atoms with Gasteiger partial charge < -0.3 is 20.1 Å². The molecule has 2 N–H and O–H groups in total. The van der Waals surface area contributed by atoms with Crippen LogP contribution in [-0.4, -0.2) is 24.7 Å². The first kappa shape index (κ1) is 18.6. The highest BCUT2D eigenvalue weighted by Crippen LogP contribution is 2.39. The SMILES string of the molecule is CCOc1cc2c(cc1N[C@H](C(=O)NC1CC1)c1ccc(F)cc1)O[C@H](C)C2. The van der Waals surface area contributed by atoms with Crippen molar-refractivity contribution in [3.05, 3.63) is 53.3 Å². The summed E-state index contributed by atoms with van der Waals surface area (Å²) in [5, 5.41) is 6.34. The van der Waals surface area contributed by atoms with E-state index in [0.717, 1.165) is 30.6 Å². The van der Waals surface area contributed by atoms with Crippen molar-refractivity contribution in [1.29, 1.82) is 0 Å². The molecular formula is C22H25FN2O3. The van der Waals surface area contributed by atoms with Crippen molar-refractivity contribution in [2.45, 2.75) is 51.3 Å². The van der Waals surface area contributed by atoms with E-state index in [1.807, 2.05) is 26.0 Å². The van der Waals surface area contributed by atoms with E-state index in [0.29, 0.717) is 23.6 Å². The Morgan fingerprint density at radius 1 is 1.29 bits per heavy atom. The molecule has 0 bridgehead atoms. The van der Waals surface area contributed by atoms with E-state index in [1.54, 1.807) is 12.1 Å². The van der Waals surface area contributed by atoms with Crippen molar-refractivity contribution in [1.82, 2.24) is 5.32 Å². The lowest BCUT2D eigenvalue weighted by atomic mass is 10.0. The van der Waals surface area contributed by atoms with E-state index in [9.17, 15) is 9.18 Å².